The van der Waals surface area contributed by atoms with Gasteiger partial charge in [-0.15, -0.1) is 0 Å². The van der Waals surface area contributed by atoms with Crippen LogP contribution in [0.25, 0.3) is 0 Å². The van der Waals surface area contributed by atoms with Crippen LogP contribution in [0, 0.1) is 12.8 Å². The maximum absolute atomic E-state index is 10.6. The molecule has 1 aromatic heterocycles. The molecule has 68 valence electrons. The fraction of sp³-hybridized carbons (Fsp3) is 0.444. The highest BCUT2D eigenvalue weighted by molar-refractivity contribution is 5.75. The molecule has 0 aliphatic heterocycles. The molecule has 0 spiro atoms. The minimum atomic E-state index is -0.727. The summed E-state index contributed by atoms with van der Waals surface area (Å²) in [4.78, 5) is 18.8. The lowest BCUT2D eigenvalue weighted by Crippen LogP contribution is -2.01. The molecule has 1 saturated carbocycles. The predicted octanol–water partition coefficient (Wildman–Crippen LogP) is 0.973. The Hall–Kier alpha value is -1.45. The number of nitrogens with zero attached hydrogens (tertiary/aromatic N) is 2. The number of aliphatic carboxylic acids is 1. The molecule has 1 heterocycles. The molecular formula is C9H10N2O2. The number of aryl methyl sites for hydroxylation is 1. The first-order chi connectivity index (χ1) is 6.20. The van der Waals surface area contributed by atoms with E-state index in [0.29, 0.717) is 6.42 Å². The number of hydrogen-bond acceptors (Lipinski definition) is 3. The minimum Gasteiger partial charge on any atom is -0.481 e. The molecule has 1 aliphatic rings. The van der Waals surface area contributed by atoms with Crippen molar-refractivity contribution in [3.05, 3.63) is 23.8 Å². The zero-order chi connectivity index (χ0) is 9.42. The van der Waals surface area contributed by atoms with Crippen molar-refractivity contribution in [2.24, 2.45) is 5.92 Å². The fourth-order valence-corrected chi connectivity index (χ4v) is 1.55. The molecule has 0 amide bonds. The second kappa shape index (κ2) is 2.80. The van der Waals surface area contributed by atoms with Gasteiger partial charge in [0.05, 0.1) is 17.3 Å². The summed E-state index contributed by atoms with van der Waals surface area (Å²) in [6.07, 6.45) is 3.94. The first-order valence-electron chi connectivity index (χ1n) is 4.20. The summed E-state index contributed by atoms with van der Waals surface area (Å²) in [5.74, 6) is -0.878. The monoisotopic (exact) mass is 178 g/mol. The van der Waals surface area contributed by atoms with Crippen molar-refractivity contribution in [3.8, 4) is 0 Å². The van der Waals surface area contributed by atoms with E-state index in [4.69, 9.17) is 5.11 Å². The third kappa shape index (κ3) is 1.39. The van der Waals surface area contributed by atoms with E-state index in [-0.39, 0.29) is 11.8 Å². The molecule has 2 unspecified atom stereocenters. The summed E-state index contributed by atoms with van der Waals surface area (Å²) in [5, 5.41) is 8.73. The van der Waals surface area contributed by atoms with Crippen molar-refractivity contribution in [1.82, 2.24) is 9.97 Å². The van der Waals surface area contributed by atoms with Crippen LogP contribution in [0.4, 0.5) is 0 Å². The Morgan fingerprint density at radius 1 is 1.54 bits per heavy atom. The van der Waals surface area contributed by atoms with E-state index in [1.165, 1.54) is 0 Å². The third-order valence-corrected chi connectivity index (χ3v) is 2.38. The van der Waals surface area contributed by atoms with E-state index < -0.39 is 5.97 Å². The van der Waals surface area contributed by atoms with Crippen molar-refractivity contribution in [3.63, 3.8) is 0 Å². The molecule has 2 atom stereocenters. The van der Waals surface area contributed by atoms with Gasteiger partial charge in [-0.25, -0.2) is 0 Å². The highest BCUT2D eigenvalue weighted by atomic mass is 16.4. The van der Waals surface area contributed by atoms with Crippen molar-refractivity contribution in [1.29, 1.82) is 0 Å². The summed E-state index contributed by atoms with van der Waals surface area (Å²) in [7, 11) is 0. The van der Waals surface area contributed by atoms with Gasteiger partial charge in [0.1, 0.15) is 0 Å². The topological polar surface area (TPSA) is 63.1 Å². The summed E-state index contributed by atoms with van der Waals surface area (Å²) < 4.78 is 0. The van der Waals surface area contributed by atoms with Gasteiger partial charge in [-0.1, -0.05) is 0 Å². The van der Waals surface area contributed by atoms with Gasteiger partial charge < -0.3 is 5.11 Å². The zero-order valence-corrected chi connectivity index (χ0v) is 7.27. The summed E-state index contributed by atoms with van der Waals surface area (Å²) in [6.45, 7) is 1.86. The number of carboxylic acids is 1. The van der Waals surface area contributed by atoms with Crippen LogP contribution in [-0.4, -0.2) is 21.0 Å². The second-order valence-electron chi connectivity index (χ2n) is 3.31. The second-order valence-corrected chi connectivity index (χ2v) is 3.31. The number of aromatic nitrogens is 2. The van der Waals surface area contributed by atoms with E-state index in [2.05, 4.69) is 9.97 Å². The quantitative estimate of drug-likeness (QED) is 0.733. The van der Waals surface area contributed by atoms with Crippen LogP contribution in [0.5, 0.6) is 0 Å². The summed E-state index contributed by atoms with van der Waals surface area (Å²) in [6, 6.07) is 0. The molecule has 1 aliphatic carbocycles. The highest BCUT2D eigenvalue weighted by Crippen LogP contribution is 2.47. The fourth-order valence-electron chi connectivity index (χ4n) is 1.55. The lowest BCUT2D eigenvalue weighted by Gasteiger charge is -1.99. The number of carbonyl (C=O) groups is 1. The third-order valence-electron chi connectivity index (χ3n) is 2.38. The van der Waals surface area contributed by atoms with E-state index in [9.17, 15) is 4.79 Å². The SMILES string of the molecule is Cc1nccnc1C1CC1C(=O)O. The molecule has 2 rings (SSSR count). The van der Waals surface area contributed by atoms with Crippen LogP contribution in [0.2, 0.25) is 0 Å². The van der Waals surface area contributed by atoms with E-state index in [1.807, 2.05) is 6.92 Å². The van der Waals surface area contributed by atoms with Gasteiger partial charge in [0, 0.05) is 18.3 Å². The molecule has 4 heteroatoms. The molecule has 0 bridgehead atoms. The van der Waals surface area contributed by atoms with Crippen LogP contribution in [0.1, 0.15) is 23.7 Å². The van der Waals surface area contributed by atoms with Crippen LogP contribution in [0.15, 0.2) is 12.4 Å². The lowest BCUT2D eigenvalue weighted by atomic mass is 10.2. The Balaban J connectivity index is 2.21. The molecule has 0 saturated heterocycles. The van der Waals surface area contributed by atoms with Gasteiger partial charge in [0.25, 0.3) is 0 Å². The molecule has 0 radical (unpaired) electrons. The molecular weight excluding hydrogens is 168 g/mol. The summed E-state index contributed by atoms with van der Waals surface area (Å²) >= 11 is 0. The molecule has 4 nitrogen and oxygen atoms in total. The average molecular weight is 178 g/mol. The number of rotatable bonds is 2. The van der Waals surface area contributed by atoms with Gasteiger partial charge in [0.2, 0.25) is 0 Å². The molecule has 1 aromatic rings. The minimum absolute atomic E-state index is 0.0891. The van der Waals surface area contributed by atoms with Crippen LogP contribution >= 0.6 is 0 Å². The van der Waals surface area contributed by atoms with Crippen molar-refractivity contribution < 1.29 is 9.90 Å². The lowest BCUT2D eigenvalue weighted by molar-refractivity contribution is -0.138. The van der Waals surface area contributed by atoms with Gasteiger partial charge in [-0.05, 0) is 13.3 Å². The van der Waals surface area contributed by atoms with Crippen molar-refractivity contribution in [2.45, 2.75) is 19.3 Å². The maximum Gasteiger partial charge on any atom is 0.307 e. The normalized spacial score (nSPS) is 25.6. The highest BCUT2D eigenvalue weighted by Gasteiger charge is 2.45. The van der Waals surface area contributed by atoms with Gasteiger partial charge in [0.15, 0.2) is 0 Å². The average Bonchev–Trinajstić information content (AvgIpc) is 2.84. The Kier molecular flexibility index (Phi) is 1.76. The first-order valence-corrected chi connectivity index (χ1v) is 4.20. The van der Waals surface area contributed by atoms with E-state index >= 15 is 0 Å². The Morgan fingerprint density at radius 2 is 2.23 bits per heavy atom. The molecule has 1 fully saturated rings. The van der Waals surface area contributed by atoms with E-state index in [0.717, 1.165) is 11.4 Å². The van der Waals surface area contributed by atoms with Crippen LogP contribution in [0.3, 0.4) is 0 Å². The number of hydrogen-bond donors (Lipinski definition) is 1. The standard InChI is InChI=1S/C9H10N2O2/c1-5-8(11-3-2-10-5)6-4-7(6)9(12)13/h2-3,6-7H,4H2,1H3,(H,12,13). The van der Waals surface area contributed by atoms with Gasteiger partial charge >= 0.3 is 5.97 Å². The molecule has 13 heavy (non-hydrogen) atoms. The Labute approximate surface area is 75.6 Å². The van der Waals surface area contributed by atoms with Crippen molar-refractivity contribution in [2.75, 3.05) is 0 Å². The van der Waals surface area contributed by atoms with Crippen LogP contribution < -0.4 is 0 Å². The van der Waals surface area contributed by atoms with Gasteiger partial charge in [-0.3, -0.25) is 14.8 Å². The first kappa shape index (κ1) is 8.16. The maximum atomic E-state index is 10.6. The molecule has 1 N–H and O–H groups in total. The zero-order valence-electron chi connectivity index (χ0n) is 7.27. The predicted molar refractivity (Wildman–Crippen MR) is 45.3 cm³/mol. The summed E-state index contributed by atoms with van der Waals surface area (Å²) in [5.41, 5.74) is 1.69. The Morgan fingerprint density at radius 3 is 2.77 bits per heavy atom. The largest absolute Gasteiger partial charge is 0.481 e. The van der Waals surface area contributed by atoms with Crippen LogP contribution in [-0.2, 0) is 4.79 Å². The van der Waals surface area contributed by atoms with Gasteiger partial charge in [-0.2, -0.15) is 0 Å². The van der Waals surface area contributed by atoms with E-state index in [1.54, 1.807) is 12.4 Å². The number of carboxylic acid groups (broad SMARTS) is 1. The van der Waals surface area contributed by atoms with Crippen molar-refractivity contribution >= 4 is 5.97 Å². The molecule has 0 aromatic carbocycles. The smallest absolute Gasteiger partial charge is 0.307 e. The Bertz CT molecular complexity index is 351.